The number of carbonyl (C=O) groups excluding carboxylic acids is 2. The lowest BCUT2D eigenvalue weighted by Crippen LogP contribution is -2.17. The molecular formula is C13H10FN2O4S2-. The van der Waals surface area contributed by atoms with E-state index < -0.39 is 28.7 Å². The number of hydrogen-bond donors (Lipinski definition) is 2. The van der Waals surface area contributed by atoms with Gasteiger partial charge in [0.05, 0.1) is 11.1 Å². The van der Waals surface area contributed by atoms with Crippen molar-refractivity contribution in [3.05, 3.63) is 52.2 Å². The number of benzene rings is 1. The van der Waals surface area contributed by atoms with Gasteiger partial charge in [-0.2, -0.15) is 0 Å². The Labute approximate surface area is 131 Å². The molecule has 0 aliphatic heterocycles. The number of nitrogens with two attached hydrogens (primary N) is 1. The molecular weight excluding hydrogens is 331 g/mol. The molecule has 0 aliphatic rings. The van der Waals surface area contributed by atoms with Crippen molar-refractivity contribution < 1.29 is 22.7 Å². The van der Waals surface area contributed by atoms with Gasteiger partial charge in [0, 0.05) is 10.6 Å². The van der Waals surface area contributed by atoms with Crippen LogP contribution in [0.2, 0.25) is 0 Å². The molecule has 1 heterocycles. The van der Waals surface area contributed by atoms with Crippen LogP contribution in [0.1, 0.15) is 25.6 Å². The molecule has 0 radical (unpaired) electrons. The second kappa shape index (κ2) is 6.77. The topological polar surface area (TPSA) is 112 Å². The van der Waals surface area contributed by atoms with E-state index in [9.17, 15) is 22.7 Å². The SMILES string of the molecule is NC(=O)c1cc(CS(=O)[O-])sc1NC(=O)c1ccccc1F. The Morgan fingerprint density at radius 3 is 2.59 bits per heavy atom. The molecule has 0 aliphatic carbocycles. The molecule has 0 saturated heterocycles. The maximum Gasteiger partial charge on any atom is 0.259 e. The predicted octanol–water partition coefficient (Wildman–Crippen LogP) is 1.62. The highest BCUT2D eigenvalue weighted by Gasteiger charge is 2.18. The van der Waals surface area contributed by atoms with E-state index in [1.165, 1.54) is 24.3 Å². The highest BCUT2D eigenvalue weighted by atomic mass is 32.2. The van der Waals surface area contributed by atoms with Crippen molar-refractivity contribution in [1.82, 2.24) is 0 Å². The van der Waals surface area contributed by atoms with Gasteiger partial charge in [-0.05, 0) is 29.3 Å². The van der Waals surface area contributed by atoms with Crippen LogP contribution in [0.15, 0.2) is 30.3 Å². The summed E-state index contributed by atoms with van der Waals surface area (Å²) in [5, 5.41) is 2.46. The molecule has 9 heteroatoms. The Kier molecular flexibility index (Phi) is 5.01. The number of nitrogens with one attached hydrogen (secondary N) is 1. The first-order chi connectivity index (χ1) is 10.4. The van der Waals surface area contributed by atoms with E-state index in [4.69, 9.17) is 5.73 Å². The largest absolute Gasteiger partial charge is 0.772 e. The van der Waals surface area contributed by atoms with Crippen LogP contribution in [0.4, 0.5) is 9.39 Å². The fraction of sp³-hybridized carbons (Fsp3) is 0.0769. The van der Waals surface area contributed by atoms with Crippen molar-refractivity contribution in [3.63, 3.8) is 0 Å². The molecule has 1 aromatic heterocycles. The van der Waals surface area contributed by atoms with Gasteiger partial charge in [0.15, 0.2) is 0 Å². The maximum absolute atomic E-state index is 13.5. The molecule has 0 bridgehead atoms. The molecule has 0 spiro atoms. The number of thiophene rings is 1. The zero-order chi connectivity index (χ0) is 16.3. The number of primary amides is 1. The summed E-state index contributed by atoms with van der Waals surface area (Å²) in [6.07, 6.45) is 0. The summed E-state index contributed by atoms with van der Waals surface area (Å²) in [6, 6.07) is 6.64. The lowest BCUT2D eigenvalue weighted by atomic mass is 10.2. The van der Waals surface area contributed by atoms with Crippen LogP contribution < -0.4 is 11.1 Å². The highest BCUT2D eigenvalue weighted by molar-refractivity contribution is 7.78. The fourth-order valence-electron chi connectivity index (χ4n) is 1.72. The molecule has 1 aromatic carbocycles. The second-order valence-electron chi connectivity index (χ2n) is 4.20. The molecule has 116 valence electrons. The Morgan fingerprint density at radius 2 is 2.00 bits per heavy atom. The summed E-state index contributed by atoms with van der Waals surface area (Å²) in [4.78, 5) is 23.7. The Hall–Kier alpha value is -2.10. The number of rotatable bonds is 5. The number of anilines is 1. The zero-order valence-electron chi connectivity index (χ0n) is 11.0. The average Bonchev–Trinajstić information content (AvgIpc) is 2.81. The number of amides is 2. The van der Waals surface area contributed by atoms with Crippen molar-refractivity contribution in [2.75, 3.05) is 5.32 Å². The summed E-state index contributed by atoms with van der Waals surface area (Å²) in [6.45, 7) is 0. The lowest BCUT2D eigenvalue weighted by molar-refractivity contribution is 0.100. The van der Waals surface area contributed by atoms with Gasteiger partial charge in [0.2, 0.25) is 0 Å². The van der Waals surface area contributed by atoms with Crippen LogP contribution >= 0.6 is 11.3 Å². The van der Waals surface area contributed by atoms with Crippen LogP contribution in [0.5, 0.6) is 0 Å². The van der Waals surface area contributed by atoms with Crippen molar-refractivity contribution in [3.8, 4) is 0 Å². The van der Waals surface area contributed by atoms with Crippen LogP contribution in [-0.2, 0) is 16.8 Å². The van der Waals surface area contributed by atoms with Gasteiger partial charge >= 0.3 is 0 Å². The first-order valence-corrected chi connectivity index (χ1v) is 7.98. The van der Waals surface area contributed by atoms with Gasteiger partial charge in [-0.1, -0.05) is 12.1 Å². The van der Waals surface area contributed by atoms with Crippen LogP contribution in [0.25, 0.3) is 0 Å². The Balaban J connectivity index is 2.30. The molecule has 0 saturated carbocycles. The Morgan fingerprint density at radius 1 is 1.32 bits per heavy atom. The second-order valence-corrected chi connectivity index (χ2v) is 6.23. The van der Waals surface area contributed by atoms with Crippen molar-refractivity contribution in [2.24, 2.45) is 5.73 Å². The molecule has 2 aromatic rings. The fourth-order valence-corrected chi connectivity index (χ4v) is 3.41. The minimum atomic E-state index is -2.34. The van der Waals surface area contributed by atoms with Crippen molar-refractivity contribution >= 4 is 39.2 Å². The average molecular weight is 341 g/mol. The summed E-state index contributed by atoms with van der Waals surface area (Å²) in [5.74, 6) is -2.58. The molecule has 1 atom stereocenters. The lowest BCUT2D eigenvalue weighted by Gasteiger charge is -2.05. The van der Waals surface area contributed by atoms with Crippen LogP contribution in [-0.4, -0.2) is 20.6 Å². The van der Waals surface area contributed by atoms with Gasteiger partial charge in [-0.25, -0.2) is 4.39 Å². The monoisotopic (exact) mass is 341 g/mol. The standard InChI is InChI=1S/C13H11FN2O4S2/c14-10-4-2-1-3-8(10)12(18)16-13-9(11(15)17)5-7(21-13)6-22(19)20/h1-5H,6H2,(H2,15,17)(H,16,18)(H,19,20)/p-1. The highest BCUT2D eigenvalue weighted by Crippen LogP contribution is 2.29. The molecule has 3 N–H and O–H groups in total. The zero-order valence-corrected chi connectivity index (χ0v) is 12.6. The molecule has 2 amide bonds. The molecule has 0 fully saturated rings. The third-order valence-corrected chi connectivity index (χ3v) is 4.43. The maximum atomic E-state index is 13.5. The van der Waals surface area contributed by atoms with E-state index in [1.807, 2.05) is 0 Å². The summed E-state index contributed by atoms with van der Waals surface area (Å²) < 4.78 is 35.0. The Bertz CT molecular complexity index is 760. The minimum absolute atomic E-state index is 0.0184. The summed E-state index contributed by atoms with van der Waals surface area (Å²) in [7, 11) is 0. The van der Waals surface area contributed by atoms with Gasteiger partial charge in [-0.15, -0.1) is 11.3 Å². The minimum Gasteiger partial charge on any atom is -0.772 e. The molecule has 1 unspecified atom stereocenters. The summed E-state index contributed by atoms with van der Waals surface area (Å²) >= 11 is -1.44. The number of hydrogen-bond acceptors (Lipinski definition) is 5. The molecule has 2 rings (SSSR count). The predicted molar refractivity (Wildman–Crippen MR) is 79.8 cm³/mol. The van der Waals surface area contributed by atoms with Crippen LogP contribution in [0.3, 0.4) is 0 Å². The van der Waals surface area contributed by atoms with Gasteiger partial charge in [0.25, 0.3) is 11.8 Å². The van der Waals surface area contributed by atoms with Crippen LogP contribution in [0, 0.1) is 5.82 Å². The first-order valence-electron chi connectivity index (χ1n) is 5.92. The van der Waals surface area contributed by atoms with Gasteiger partial charge in [-0.3, -0.25) is 13.8 Å². The van der Waals surface area contributed by atoms with E-state index in [2.05, 4.69) is 5.32 Å². The van der Waals surface area contributed by atoms with E-state index in [-0.39, 0.29) is 21.9 Å². The molecule has 22 heavy (non-hydrogen) atoms. The van der Waals surface area contributed by atoms with Crippen molar-refractivity contribution in [2.45, 2.75) is 5.75 Å². The summed E-state index contributed by atoms with van der Waals surface area (Å²) in [5.41, 5.74) is 4.98. The third kappa shape index (κ3) is 3.75. The normalized spacial score (nSPS) is 11.9. The van der Waals surface area contributed by atoms with Gasteiger partial charge < -0.3 is 15.6 Å². The van der Waals surface area contributed by atoms with Crippen molar-refractivity contribution in [1.29, 1.82) is 0 Å². The number of halogens is 1. The van der Waals surface area contributed by atoms with E-state index >= 15 is 0 Å². The number of carbonyl (C=O) groups is 2. The van der Waals surface area contributed by atoms with E-state index in [0.717, 1.165) is 17.4 Å². The quantitative estimate of drug-likeness (QED) is 0.805. The van der Waals surface area contributed by atoms with Gasteiger partial charge in [0.1, 0.15) is 10.8 Å². The van der Waals surface area contributed by atoms with E-state index in [1.54, 1.807) is 0 Å². The first kappa shape index (κ1) is 16.3. The molecule has 6 nitrogen and oxygen atoms in total. The van der Waals surface area contributed by atoms with E-state index in [0.29, 0.717) is 4.88 Å². The smallest absolute Gasteiger partial charge is 0.259 e. The third-order valence-electron chi connectivity index (χ3n) is 2.65.